The van der Waals surface area contributed by atoms with Crippen molar-refractivity contribution >= 4 is 302 Å². The Labute approximate surface area is 785 Å². The molecule has 0 aliphatic carbocycles. The molecule has 9 nitrogen and oxygen atoms in total. The number of thiocarbonyl (C=S) groups is 9. The number of rotatable bonds is 24. The molecule has 126 heavy (non-hydrogen) atoms. The molecule has 0 saturated heterocycles. The summed E-state index contributed by atoms with van der Waals surface area (Å²) < 4.78 is 0. The minimum atomic E-state index is -0.0101. The minimum absolute atomic E-state index is 0.0101. The Morgan fingerprint density at radius 3 is 0.444 bits per heavy atom. The van der Waals surface area contributed by atoms with E-state index in [1.807, 2.05) is 32.9 Å². The van der Waals surface area contributed by atoms with Crippen LogP contribution in [0.25, 0.3) is 129 Å². The van der Waals surface area contributed by atoms with Crippen LogP contribution in [0.5, 0.6) is 0 Å². The van der Waals surface area contributed by atoms with Gasteiger partial charge < -0.3 is 14.7 Å². The van der Waals surface area contributed by atoms with Crippen LogP contribution in [0.15, 0.2) is 146 Å². The Morgan fingerprint density at radius 1 is 0.183 bits per heavy atom. The van der Waals surface area contributed by atoms with E-state index in [2.05, 4.69) is 225 Å². The van der Waals surface area contributed by atoms with Crippen LogP contribution in [-0.2, 0) is 0 Å². The third-order valence-corrected chi connectivity index (χ3v) is 32.3. The molecule has 0 saturated carbocycles. The van der Waals surface area contributed by atoms with Gasteiger partial charge in [0.1, 0.15) is 44.9 Å². The number of amides is 3. The fourth-order valence-corrected chi connectivity index (χ4v) is 26.2. The predicted octanol–water partition coefficient (Wildman–Crippen LogP) is 29.1. The molecule has 0 fully saturated rings. The summed E-state index contributed by atoms with van der Waals surface area (Å²) in [4.78, 5) is 60.9. The van der Waals surface area contributed by atoms with Crippen LogP contribution in [0.4, 0.5) is 0 Å². The van der Waals surface area contributed by atoms with Crippen molar-refractivity contribution in [3.63, 3.8) is 0 Å². The Kier molecular flexibility index (Phi) is 23.1. The van der Waals surface area contributed by atoms with Gasteiger partial charge in [-0.2, -0.15) is 0 Å². The standard InChI is InChI=1S/C36H34N2O2S2.C36H34N2OS3.C36H34N2S4/c1-5-7-9-19(3)37-33(39)25-15-11-21-24-14-18-28-32-26(34(40)38(36(28)42)20(4)10-8-6-2)16-12-22(30(24)32)23-13-17-27(35(37)41)31(25)29(21)23;2*1-5-7-9-19(3)37-33(39)25-15-11-21-23-13-17-27-32-28(36(42)38(35(27)41)20(4)10-8-6-2)18-14-24(30(23)32)22-12-16-26(34(37)40)31(25)29(21)22/h3*11-20H,5-10H2,1-4H3/t3*19-,20-/m000/s1. The zero-order valence-corrected chi connectivity index (χ0v) is 81.0. The third-order valence-electron chi connectivity index (χ3n) is 28.6. The molecule has 0 bridgehead atoms. The van der Waals surface area contributed by atoms with E-state index in [9.17, 15) is 14.4 Å². The van der Waals surface area contributed by atoms with Gasteiger partial charge in [0, 0.05) is 135 Å². The number of carbonyl (C=O) groups is 3. The van der Waals surface area contributed by atoms with Gasteiger partial charge in [-0.05, 0) is 195 Å². The van der Waals surface area contributed by atoms with E-state index in [1.165, 1.54) is 48.5 Å². The first-order chi connectivity index (χ1) is 60.9. The van der Waals surface area contributed by atoms with Crippen molar-refractivity contribution in [1.29, 1.82) is 0 Å². The number of hydrogen-bond donors (Lipinski definition) is 0. The number of nitrogens with zero attached hydrogens (tertiary/aromatic N) is 6. The fraction of sp³-hybridized carbons (Fsp3) is 0.333. The molecule has 18 heteroatoms. The highest BCUT2D eigenvalue weighted by Gasteiger charge is 2.42. The van der Waals surface area contributed by atoms with Gasteiger partial charge in [-0.1, -0.05) is 356 Å². The second-order valence-corrected chi connectivity index (χ2v) is 39.7. The summed E-state index contributed by atoms with van der Waals surface area (Å²) in [5, 5.41) is 27.2. The van der Waals surface area contributed by atoms with Gasteiger partial charge >= 0.3 is 0 Å². The molecule has 6 heterocycles. The molecule has 0 spiro atoms. The second kappa shape index (κ2) is 33.7. The van der Waals surface area contributed by atoms with Crippen molar-refractivity contribution in [2.24, 2.45) is 0 Å². The monoisotopic (exact) mass is 1820 g/mol. The molecule has 15 aromatic carbocycles. The lowest BCUT2D eigenvalue weighted by molar-refractivity contribution is 0.0799. The van der Waals surface area contributed by atoms with Gasteiger partial charge in [0.2, 0.25) is 0 Å². The largest absolute Gasteiger partial charge is 0.320 e. The minimum Gasteiger partial charge on any atom is -0.320 e. The Bertz CT molecular complexity index is 5870. The summed E-state index contributed by atoms with van der Waals surface area (Å²) >= 11 is 54.8. The van der Waals surface area contributed by atoms with Crippen LogP contribution in [0.1, 0.15) is 280 Å². The van der Waals surface area contributed by atoms with Crippen molar-refractivity contribution in [1.82, 2.24) is 29.4 Å². The van der Waals surface area contributed by atoms with Crippen LogP contribution < -0.4 is 0 Å². The van der Waals surface area contributed by atoms with Crippen LogP contribution in [0.2, 0.25) is 0 Å². The Hall–Kier alpha value is -9.18. The highest BCUT2D eigenvalue weighted by atomic mass is 32.1. The zero-order chi connectivity index (χ0) is 88.3. The molecular formula is C108H102N6O3S9. The van der Waals surface area contributed by atoms with Crippen LogP contribution in [-0.4, -0.2) is 128 Å². The quantitative estimate of drug-likeness (QED) is 0.0327. The molecule has 6 aliphatic heterocycles. The van der Waals surface area contributed by atoms with Crippen LogP contribution in [0.3, 0.4) is 0 Å². The van der Waals surface area contributed by atoms with Crippen LogP contribution >= 0.6 is 110 Å². The Morgan fingerprint density at radius 2 is 0.302 bits per heavy atom. The van der Waals surface area contributed by atoms with Crippen molar-refractivity contribution in [2.45, 2.75) is 235 Å². The average Bonchev–Trinajstić information content (AvgIpc) is 0.696. The summed E-state index contributed by atoms with van der Waals surface area (Å²) in [5.41, 5.74) is 11.7. The van der Waals surface area contributed by atoms with Crippen molar-refractivity contribution in [2.75, 3.05) is 0 Å². The molecule has 636 valence electrons. The Balaban J connectivity index is 0.000000123. The summed E-state index contributed by atoms with van der Waals surface area (Å²) in [6.45, 7) is 26.2. The number of benzene rings is 15. The normalized spacial score (nSPS) is 16.6. The smallest absolute Gasteiger partial charge is 0.259 e. The molecule has 15 aromatic rings. The average molecular weight is 1820 g/mol. The molecule has 21 rings (SSSR count). The molecule has 0 unspecified atom stereocenters. The summed E-state index contributed by atoms with van der Waals surface area (Å²) in [5.74, 6) is -0.00279. The first-order valence-corrected chi connectivity index (χ1v) is 49.4. The molecule has 0 radical (unpaired) electrons. The lowest BCUT2D eigenvalue weighted by atomic mass is 9.82. The number of fused-ring (bicyclic) bond motifs is 6. The number of hydrogen-bond acceptors (Lipinski definition) is 12. The molecule has 3 amide bonds. The summed E-state index contributed by atoms with van der Waals surface area (Å²) in [6, 6.07) is 52.8. The maximum atomic E-state index is 13.9. The maximum absolute atomic E-state index is 13.9. The second-order valence-electron chi connectivity index (χ2n) is 36.3. The maximum Gasteiger partial charge on any atom is 0.259 e. The lowest BCUT2D eigenvalue weighted by Gasteiger charge is -2.38. The fourth-order valence-electron chi connectivity index (χ4n) is 22.1. The van der Waals surface area contributed by atoms with Gasteiger partial charge in [0.15, 0.2) is 0 Å². The molecule has 6 aliphatic rings. The summed E-state index contributed by atoms with van der Waals surface area (Å²) in [6.07, 6.45) is 19.4. The van der Waals surface area contributed by atoms with Gasteiger partial charge in [0.25, 0.3) is 17.7 Å². The van der Waals surface area contributed by atoms with Crippen molar-refractivity contribution in [3.05, 3.63) is 212 Å². The van der Waals surface area contributed by atoms with E-state index in [4.69, 9.17) is 110 Å². The van der Waals surface area contributed by atoms with E-state index in [1.54, 1.807) is 0 Å². The molecule has 0 aromatic heterocycles. The topological polar surface area (TPSA) is 70.6 Å². The molecule has 6 atom stereocenters. The van der Waals surface area contributed by atoms with E-state index in [0.717, 1.165) is 282 Å². The van der Waals surface area contributed by atoms with Crippen molar-refractivity contribution in [3.8, 4) is 0 Å². The number of carbonyl (C=O) groups excluding carboxylic acids is 3. The van der Waals surface area contributed by atoms with Gasteiger partial charge in [-0.15, -0.1) is 0 Å². The van der Waals surface area contributed by atoms with E-state index in [0.29, 0.717) is 26.1 Å². The van der Waals surface area contributed by atoms with Gasteiger partial charge in [-0.25, -0.2) is 0 Å². The predicted molar refractivity (Wildman–Crippen MR) is 566 cm³/mol. The lowest BCUT2D eigenvalue weighted by Crippen LogP contribution is -2.45. The molecule has 0 N–H and O–H groups in total. The molecular weight excluding hydrogens is 1720 g/mol. The number of unbranched alkanes of at least 4 members (excludes halogenated alkanes) is 6. The first-order valence-electron chi connectivity index (χ1n) is 45.8. The van der Waals surface area contributed by atoms with E-state index >= 15 is 0 Å². The van der Waals surface area contributed by atoms with E-state index in [-0.39, 0.29) is 54.0 Å². The first kappa shape index (κ1) is 86.2. The van der Waals surface area contributed by atoms with Gasteiger partial charge in [0.05, 0.1) is 0 Å². The van der Waals surface area contributed by atoms with E-state index < -0.39 is 0 Å². The van der Waals surface area contributed by atoms with Gasteiger partial charge in [-0.3, -0.25) is 29.1 Å². The highest BCUT2D eigenvalue weighted by molar-refractivity contribution is 7.83. The summed E-state index contributed by atoms with van der Waals surface area (Å²) in [7, 11) is 0. The SMILES string of the molecule is CCCC[C@H](C)N1C(=O)c2ccc3c4ccc5c6c(ccc(c7ccc(c2c37)C1=S)c64)C(=O)N([C@@H](C)CCCC)C5=S.CCCC[C@H](C)N1C(=O)c2ccc3c4ccc5c6c(ccc(c7ccc(c2c37)C1=S)c64)C(=S)N([C@@H](C)CCCC)C5=S.CCCC[C@H](C)N1C(=S)c2ccc3c4ccc5c6c(ccc(c7ccc(c2c37)C1=S)c64)C(=S)N([C@@H](C)CCCC)C5=S. The third kappa shape index (κ3) is 13.0. The van der Waals surface area contributed by atoms with Crippen LogP contribution in [0, 0.1) is 0 Å². The zero-order valence-electron chi connectivity index (χ0n) is 73.6. The van der Waals surface area contributed by atoms with Crippen molar-refractivity contribution < 1.29 is 14.4 Å². The highest BCUT2D eigenvalue weighted by Crippen LogP contribution is 2.53.